The number of benzene rings is 2. The minimum Gasteiger partial charge on any atom is -0.462 e. The first-order chi connectivity index (χ1) is 18.5. The van der Waals surface area contributed by atoms with Crippen LogP contribution in [0.2, 0.25) is 0 Å². The molecule has 5 aromatic rings. The number of amides is 1. The SMILES string of the molecule is CCOC(=O)c1c(C)nc2c(c(NNC(=O)c3cccs3)nc(=O)n2-c2ccccc2)c1-c1ccccc1. The molecule has 2 aromatic carbocycles. The Morgan fingerprint density at radius 2 is 1.68 bits per heavy atom. The number of pyridine rings is 1. The van der Waals surface area contributed by atoms with E-state index in [2.05, 4.69) is 15.8 Å². The number of esters is 1. The Kier molecular flexibility index (Phi) is 6.96. The number of aryl methyl sites for hydroxylation is 1. The maximum Gasteiger partial charge on any atom is 0.355 e. The predicted molar refractivity (Wildman–Crippen MR) is 147 cm³/mol. The molecule has 190 valence electrons. The summed E-state index contributed by atoms with van der Waals surface area (Å²) in [6, 6.07) is 21.7. The average Bonchev–Trinajstić information content (AvgIpc) is 3.47. The first kappa shape index (κ1) is 24.8. The van der Waals surface area contributed by atoms with Crippen molar-refractivity contribution in [2.45, 2.75) is 13.8 Å². The number of ether oxygens (including phenoxy) is 1. The van der Waals surface area contributed by atoms with Gasteiger partial charge in [0, 0.05) is 5.56 Å². The number of carbonyl (C=O) groups is 2. The summed E-state index contributed by atoms with van der Waals surface area (Å²) in [5.41, 5.74) is 7.46. The molecule has 0 spiro atoms. The Labute approximate surface area is 221 Å². The number of aromatic nitrogens is 3. The number of para-hydroxylation sites is 1. The fraction of sp³-hybridized carbons (Fsp3) is 0.107. The van der Waals surface area contributed by atoms with Gasteiger partial charge in [-0.05, 0) is 43.0 Å². The molecule has 0 aliphatic rings. The third kappa shape index (κ3) is 4.64. The van der Waals surface area contributed by atoms with E-state index in [1.165, 1.54) is 15.9 Å². The summed E-state index contributed by atoms with van der Waals surface area (Å²) in [5, 5.41) is 2.16. The number of hydrogen-bond donors (Lipinski definition) is 2. The van der Waals surface area contributed by atoms with Gasteiger partial charge in [0.15, 0.2) is 11.5 Å². The van der Waals surface area contributed by atoms with Crippen LogP contribution in [0, 0.1) is 6.92 Å². The Hall–Kier alpha value is -4.83. The molecule has 0 aliphatic carbocycles. The lowest BCUT2D eigenvalue weighted by Gasteiger charge is -2.20. The van der Waals surface area contributed by atoms with E-state index in [4.69, 9.17) is 9.72 Å². The van der Waals surface area contributed by atoms with Crippen molar-refractivity contribution < 1.29 is 14.3 Å². The number of anilines is 1. The van der Waals surface area contributed by atoms with Gasteiger partial charge in [0.05, 0.1) is 33.8 Å². The molecule has 0 unspecified atom stereocenters. The van der Waals surface area contributed by atoms with Crippen molar-refractivity contribution >= 4 is 40.1 Å². The first-order valence-electron chi connectivity index (χ1n) is 11.8. The van der Waals surface area contributed by atoms with Crippen LogP contribution in [0.15, 0.2) is 83.0 Å². The molecule has 5 rings (SSSR count). The molecule has 0 aliphatic heterocycles. The summed E-state index contributed by atoms with van der Waals surface area (Å²) in [4.78, 5) is 48.8. The largest absolute Gasteiger partial charge is 0.462 e. The van der Waals surface area contributed by atoms with Gasteiger partial charge in [-0.3, -0.25) is 15.6 Å². The van der Waals surface area contributed by atoms with Crippen LogP contribution in [-0.4, -0.2) is 33.0 Å². The van der Waals surface area contributed by atoms with E-state index in [9.17, 15) is 14.4 Å². The molecular formula is C28H23N5O4S. The van der Waals surface area contributed by atoms with Crippen molar-refractivity contribution in [3.05, 3.63) is 105 Å². The maximum absolute atomic E-state index is 13.4. The normalized spacial score (nSPS) is 10.8. The lowest BCUT2D eigenvalue weighted by Crippen LogP contribution is -2.32. The van der Waals surface area contributed by atoms with Crippen LogP contribution in [0.3, 0.4) is 0 Å². The number of thiophene rings is 1. The highest BCUT2D eigenvalue weighted by Gasteiger charge is 2.26. The lowest BCUT2D eigenvalue weighted by molar-refractivity contribution is 0.0526. The number of carbonyl (C=O) groups excluding carboxylic acids is 2. The Morgan fingerprint density at radius 1 is 0.974 bits per heavy atom. The highest BCUT2D eigenvalue weighted by molar-refractivity contribution is 7.12. The molecule has 0 fully saturated rings. The minimum absolute atomic E-state index is 0.0546. The van der Waals surface area contributed by atoms with E-state index in [0.717, 1.165) is 0 Å². The molecular weight excluding hydrogens is 502 g/mol. The van der Waals surface area contributed by atoms with Crippen LogP contribution in [-0.2, 0) is 4.74 Å². The van der Waals surface area contributed by atoms with Gasteiger partial charge in [-0.25, -0.2) is 19.1 Å². The van der Waals surface area contributed by atoms with Crippen molar-refractivity contribution in [2.24, 2.45) is 0 Å². The molecule has 0 radical (unpaired) electrons. The first-order valence-corrected chi connectivity index (χ1v) is 12.7. The zero-order valence-corrected chi connectivity index (χ0v) is 21.4. The zero-order valence-electron chi connectivity index (χ0n) is 20.6. The van der Waals surface area contributed by atoms with E-state index in [0.29, 0.717) is 32.8 Å². The second-order valence-electron chi connectivity index (χ2n) is 8.20. The average molecular weight is 526 g/mol. The number of hydrogen-bond acceptors (Lipinski definition) is 8. The molecule has 2 N–H and O–H groups in total. The van der Waals surface area contributed by atoms with Crippen LogP contribution >= 0.6 is 11.3 Å². The van der Waals surface area contributed by atoms with Crippen molar-refractivity contribution in [2.75, 3.05) is 12.0 Å². The summed E-state index contributed by atoms with van der Waals surface area (Å²) in [6.07, 6.45) is 0. The number of nitrogens with zero attached hydrogens (tertiary/aromatic N) is 3. The molecule has 10 heteroatoms. The van der Waals surface area contributed by atoms with Gasteiger partial charge in [0.2, 0.25) is 0 Å². The van der Waals surface area contributed by atoms with Crippen LogP contribution in [0.5, 0.6) is 0 Å². The van der Waals surface area contributed by atoms with Crippen LogP contribution in [0.25, 0.3) is 27.8 Å². The number of nitrogens with one attached hydrogen (secondary N) is 2. The second-order valence-corrected chi connectivity index (χ2v) is 9.15. The van der Waals surface area contributed by atoms with Gasteiger partial charge in [-0.15, -0.1) is 11.3 Å². The molecule has 1 amide bonds. The van der Waals surface area contributed by atoms with Gasteiger partial charge in [0.1, 0.15) is 0 Å². The zero-order chi connectivity index (χ0) is 26.6. The topological polar surface area (TPSA) is 115 Å². The summed E-state index contributed by atoms with van der Waals surface area (Å²) in [5.74, 6) is -0.891. The molecule has 38 heavy (non-hydrogen) atoms. The quantitative estimate of drug-likeness (QED) is 0.233. The maximum atomic E-state index is 13.4. The van der Waals surface area contributed by atoms with E-state index in [-0.39, 0.29) is 23.6 Å². The van der Waals surface area contributed by atoms with Gasteiger partial charge < -0.3 is 4.74 Å². The van der Waals surface area contributed by atoms with E-state index >= 15 is 0 Å². The Morgan fingerprint density at radius 3 is 2.34 bits per heavy atom. The smallest absolute Gasteiger partial charge is 0.355 e. The van der Waals surface area contributed by atoms with Crippen molar-refractivity contribution in [1.29, 1.82) is 0 Å². The standard InChI is InChI=1S/C28H23N5O4S/c1-3-37-27(35)21-17(2)29-25-23(22(21)18-11-6-4-7-12-18)24(31-32-26(34)20-15-10-16-38-20)30-28(36)33(25)19-13-8-5-9-14-19/h4-16H,3H2,1-2H3,(H,32,34)(H,30,31,36). The van der Waals surface area contributed by atoms with Crippen molar-refractivity contribution in [3.63, 3.8) is 0 Å². The van der Waals surface area contributed by atoms with Crippen LogP contribution in [0.4, 0.5) is 5.82 Å². The van der Waals surface area contributed by atoms with Crippen LogP contribution in [0.1, 0.15) is 32.6 Å². The van der Waals surface area contributed by atoms with Gasteiger partial charge in [-0.1, -0.05) is 54.6 Å². The molecule has 0 saturated carbocycles. The monoisotopic (exact) mass is 525 g/mol. The second kappa shape index (κ2) is 10.7. The van der Waals surface area contributed by atoms with Crippen molar-refractivity contribution in [1.82, 2.24) is 20.0 Å². The highest BCUT2D eigenvalue weighted by atomic mass is 32.1. The Balaban J connectivity index is 1.84. The highest BCUT2D eigenvalue weighted by Crippen LogP contribution is 2.36. The molecule has 3 aromatic heterocycles. The number of fused-ring (bicyclic) bond motifs is 1. The molecule has 0 bridgehead atoms. The number of rotatable bonds is 7. The lowest BCUT2D eigenvalue weighted by atomic mass is 9.95. The summed E-state index contributed by atoms with van der Waals surface area (Å²) >= 11 is 1.27. The predicted octanol–water partition coefficient (Wildman–Crippen LogP) is 4.75. The van der Waals surface area contributed by atoms with Gasteiger partial charge >= 0.3 is 11.7 Å². The van der Waals surface area contributed by atoms with E-state index in [1.54, 1.807) is 55.6 Å². The van der Waals surface area contributed by atoms with Gasteiger partial charge in [-0.2, -0.15) is 4.98 Å². The fourth-order valence-corrected chi connectivity index (χ4v) is 4.82. The summed E-state index contributed by atoms with van der Waals surface area (Å²) in [7, 11) is 0. The fourth-order valence-electron chi connectivity index (χ4n) is 4.20. The summed E-state index contributed by atoms with van der Waals surface area (Å²) in [6.45, 7) is 3.60. The molecule has 9 nitrogen and oxygen atoms in total. The van der Waals surface area contributed by atoms with E-state index < -0.39 is 17.6 Å². The minimum atomic E-state index is -0.605. The van der Waals surface area contributed by atoms with Crippen LogP contribution < -0.4 is 16.5 Å². The molecule has 0 atom stereocenters. The number of hydrazine groups is 1. The van der Waals surface area contributed by atoms with Crippen molar-refractivity contribution in [3.8, 4) is 16.8 Å². The summed E-state index contributed by atoms with van der Waals surface area (Å²) < 4.78 is 6.77. The van der Waals surface area contributed by atoms with E-state index in [1.807, 2.05) is 36.4 Å². The molecule has 3 heterocycles. The Bertz CT molecular complexity index is 1680. The van der Waals surface area contributed by atoms with Gasteiger partial charge in [0.25, 0.3) is 5.91 Å². The third-order valence-electron chi connectivity index (χ3n) is 5.80. The third-order valence-corrected chi connectivity index (χ3v) is 6.67. The molecule has 0 saturated heterocycles.